The SMILES string of the molecule is CN(C)CCCc1nc(-c2cc(Cl)c(C#N)c(Cl)c2Cl)oc1COC(N)=O. The van der Waals surface area contributed by atoms with Gasteiger partial charge in [0.1, 0.15) is 6.07 Å². The first-order valence-electron chi connectivity index (χ1n) is 7.88. The standard InChI is InChI=1S/C17H17Cl3N4O3/c1-24(2)5-3-4-12-13(8-26-17(22)25)27-16(23-12)9-6-11(18)10(7-21)15(20)14(9)19/h6H,3-5,8H2,1-2H3,(H2,22,25). The number of aromatic nitrogens is 1. The van der Waals surface area contributed by atoms with Crippen molar-refractivity contribution in [1.82, 2.24) is 9.88 Å². The zero-order valence-corrected chi connectivity index (χ0v) is 17.0. The predicted molar refractivity (Wildman–Crippen MR) is 103 cm³/mol. The number of aryl methyl sites for hydroxylation is 1. The highest BCUT2D eigenvalue weighted by molar-refractivity contribution is 6.46. The number of primary amides is 1. The second-order valence-electron chi connectivity index (χ2n) is 5.92. The summed E-state index contributed by atoms with van der Waals surface area (Å²) >= 11 is 18.5. The molecule has 144 valence electrons. The van der Waals surface area contributed by atoms with E-state index in [1.165, 1.54) is 6.07 Å². The van der Waals surface area contributed by atoms with Crippen molar-refractivity contribution in [2.75, 3.05) is 20.6 Å². The maximum absolute atomic E-state index is 10.9. The molecule has 7 nitrogen and oxygen atoms in total. The Labute approximate surface area is 171 Å². The summed E-state index contributed by atoms with van der Waals surface area (Å²) in [6.07, 6.45) is 0.481. The molecule has 1 heterocycles. The largest absolute Gasteiger partial charge is 0.441 e. The van der Waals surface area contributed by atoms with Crippen molar-refractivity contribution >= 4 is 40.9 Å². The third-order valence-electron chi connectivity index (χ3n) is 3.64. The molecule has 0 unspecified atom stereocenters. The third kappa shape index (κ3) is 5.27. The summed E-state index contributed by atoms with van der Waals surface area (Å²) in [5.41, 5.74) is 6.05. The van der Waals surface area contributed by atoms with Gasteiger partial charge in [-0.2, -0.15) is 5.26 Å². The van der Waals surface area contributed by atoms with E-state index in [9.17, 15) is 4.79 Å². The molecule has 0 aliphatic heterocycles. The number of halogens is 3. The summed E-state index contributed by atoms with van der Waals surface area (Å²) in [6.45, 7) is 0.683. The van der Waals surface area contributed by atoms with Crippen molar-refractivity contribution in [3.63, 3.8) is 0 Å². The van der Waals surface area contributed by atoms with Gasteiger partial charge in [-0.1, -0.05) is 34.8 Å². The number of rotatable bonds is 7. The molecule has 0 radical (unpaired) electrons. The zero-order chi connectivity index (χ0) is 20.1. The van der Waals surface area contributed by atoms with Gasteiger partial charge in [0.05, 0.1) is 31.9 Å². The molecule has 0 saturated heterocycles. The fourth-order valence-corrected chi connectivity index (χ4v) is 3.13. The molecule has 1 aromatic heterocycles. The normalized spacial score (nSPS) is 10.9. The summed E-state index contributed by atoms with van der Waals surface area (Å²) in [5.74, 6) is 0.520. The van der Waals surface area contributed by atoms with Crippen LogP contribution in [0.2, 0.25) is 15.1 Å². The van der Waals surface area contributed by atoms with Crippen molar-refractivity contribution in [1.29, 1.82) is 5.26 Å². The first-order chi connectivity index (χ1) is 12.7. The van der Waals surface area contributed by atoms with Crippen molar-refractivity contribution in [3.8, 4) is 17.5 Å². The van der Waals surface area contributed by atoms with E-state index < -0.39 is 6.09 Å². The Kier molecular flexibility index (Phi) is 7.33. The quantitative estimate of drug-likeness (QED) is 0.656. The number of nitriles is 1. The number of hydrogen-bond donors (Lipinski definition) is 1. The summed E-state index contributed by atoms with van der Waals surface area (Å²) in [4.78, 5) is 17.4. The number of amides is 1. The Morgan fingerprint density at radius 3 is 2.67 bits per heavy atom. The Morgan fingerprint density at radius 2 is 2.07 bits per heavy atom. The number of hydrogen-bond acceptors (Lipinski definition) is 6. The van der Waals surface area contributed by atoms with Crippen LogP contribution in [0.4, 0.5) is 4.79 Å². The number of nitrogens with zero attached hydrogens (tertiary/aromatic N) is 3. The second kappa shape index (κ2) is 9.29. The highest BCUT2D eigenvalue weighted by atomic mass is 35.5. The van der Waals surface area contributed by atoms with Crippen molar-refractivity contribution in [2.24, 2.45) is 5.73 Å². The van der Waals surface area contributed by atoms with Gasteiger partial charge in [-0.3, -0.25) is 0 Å². The maximum atomic E-state index is 10.9. The molecule has 27 heavy (non-hydrogen) atoms. The van der Waals surface area contributed by atoms with Crippen LogP contribution in [0.3, 0.4) is 0 Å². The fraction of sp³-hybridized carbons (Fsp3) is 0.353. The van der Waals surface area contributed by atoms with Gasteiger partial charge < -0.3 is 19.8 Å². The minimum atomic E-state index is -0.922. The minimum absolute atomic E-state index is 0.0176. The number of carbonyl (C=O) groups is 1. The lowest BCUT2D eigenvalue weighted by atomic mass is 10.1. The topological polar surface area (TPSA) is 105 Å². The zero-order valence-electron chi connectivity index (χ0n) is 14.7. The second-order valence-corrected chi connectivity index (χ2v) is 7.09. The van der Waals surface area contributed by atoms with Crippen LogP contribution in [0, 0.1) is 11.3 Å². The third-order valence-corrected chi connectivity index (χ3v) is 4.81. The van der Waals surface area contributed by atoms with Crippen LogP contribution in [0.25, 0.3) is 11.5 Å². The molecule has 0 saturated carbocycles. The van der Waals surface area contributed by atoms with E-state index in [1.807, 2.05) is 25.1 Å². The Balaban J connectivity index is 2.42. The van der Waals surface area contributed by atoms with Crippen molar-refractivity contribution < 1.29 is 13.9 Å². The molecule has 1 aromatic carbocycles. The molecule has 1 amide bonds. The number of oxazole rings is 1. The monoisotopic (exact) mass is 430 g/mol. The van der Waals surface area contributed by atoms with Gasteiger partial charge in [0, 0.05) is 0 Å². The van der Waals surface area contributed by atoms with Gasteiger partial charge in [0.25, 0.3) is 0 Å². The number of ether oxygens (including phenoxy) is 1. The number of carbonyl (C=O) groups excluding carboxylic acids is 1. The van der Waals surface area contributed by atoms with Crippen LogP contribution < -0.4 is 5.73 Å². The van der Waals surface area contributed by atoms with Crippen LogP contribution >= 0.6 is 34.8 Å². The molecular formula is C17H17Cl3N4O3. The first-order valence-corrected chi connectivity index (χ1v) is 9.01. The van der Waals surface area contributed by atoms with Crippen LogP contribution in [-0.4, -0.2) is 36.6 Å². The molecule has 2 rings (SSSR count). The van der Waals surface area contributed by atoms with E-state index in [0.29, 0.717) is 23.4 Å². The van der Waals surface area contributed by atoms with Gasteiger partial charge >= 0.3 is 6.09 Å². The average Bonchev–Trinajstić information content (AvgIpc) is 2.99. The van der Waals surface area contributed by atoms with Crippen molar-refractivity contribution in [2.45, 2.75) is 19.4 Å². The van der Waals surface area contributed by atoms with Gasteiger partial charge in [0.2, 0.25) is 5.89 Å². The highest BCUT2D eigenvalue weighted by Gasteiger charge is 2.22. The van der Waals surface area contributed by atoms with E-state index >= 15 is 0 Å². The Bertz CT molecular complexity index is 891. The molecule has 0 atom stereocenters. The van der Waals surface area contributed by atoms with E-state index in [1.54, 1.807) is 0 Å². The van der Waals surface area contributed by atoms with E-state index in [4.69, 9.17) is 55.0 Å². The van der Waals surface area contributed by atoms with Gasteiger partial charge in [0.15, 0.2) is 12.4 Å². The fourth-order valence-electron chi connectivity index (χ4n) is 2.36. The van der Waals surface area contributed by atoms with Gasteiger partial charge in [-0.05, 0) is 39.5 Å². The minimum Gasteiger partial charge on any atom is -0.441 e. The van der Waals surface area contributed by atoms with Crippen molar-refractivity contribution in [3.05, 3.63) is 38.2 Å². The molecule has 0 fully saturated rings. The smallest absolute Gasteiger partial charge is 0.404 e. The summed E-state index contributed by atoms with van der Waals surface area (Å²) in [6, 6.07) is 3.36. The van der Waals surface area contributed by atoms with E-state index in [0.717, 1.165) is 13.0 Å². The highest BCUT2D eigenvalue weighted by Crippen LogP contribution is 2.39. The lowest BCUT2D eigenvalue weighted by Gasteiger charge is -2.08. The van der Waals surface area contributed by atoms with Crippen LogP contribution in [0.15, 0.2) is 10.5 Å². The molecule has 2 aromatic rings. The van der Waals surface area contributed by atoms with E-state index in [2.05, 4.69) is 4.98 Å². The van der Waals surface area contributed by atoms with Gasteiger partial charge in [-0.15, -0.1) is 0 Å². The van der Waals surface area contributed by atoms with E-state index in [-0.39, 0.29) is 33.1 Å². The molecular weight excluding hydrogens is 415 g/mol. The molecule has 2 N–H and O–H groups in total. The molecule has 0 aliphatic rings. The first kappa shape index (κ1) is 21.3. The predicted octanol–water partition coefficient (Wildman–Crippen LogP) is 4.26. The number of nitrogens with two attached hydrogens (primary N) is 1. The number of benzene rings is 1. The average molecular weight is 432 g/mol. The summed E-state index contributed by atoms with van der Waals surface area (Å²) in [7, 11) is 3.93. The Morgan fingerprint density at radius 1 is 1.37 bits per heavy atom. The molecule has 0 bridgehead atoms. The van der Waals surface area contributed by atoms with Crippen LogP contribution in [0.1, 0.15) is 23.4 Å². The Hall–Kier alpha value is -1.98. The lowest BCUT2D eigenvalue weighted by molar-refractivity contribution is 0.141. The molecule has 0 aliphatic carbocycles. The molecule has 10 heteroatoms. The summed E-state index contributed by atoms with van der Waals surface area (Å²) in [5, 5.41) is 9.36. The maximum Gasteiger partial charge on any atom is 0.404 e. The molecule has 0 spiro atoms. The van der Waals surface area contributed by atoms with Gasteiger partial charge in [-0.25, -0.2) is 9.78 Å². The van der Waals surface area contributed by atoms with Crippen LogP contribution in [0.5, 0.6) is 0 Å². The van der Waals surface area contributed by atoms with Crippen LogP contribution in [-0.2, 0) is 17.8 Å². The summed E-state index contributed by atoms with van der Waals surface area (Å²) < 4.78 is 10.6. The lowest BCUT2D eigenvalue weighted by Crippen LogP contribution is -2.14.